The van der Waals surface area contributed by atoms with E-state index in [-0.39, 0.29) is 11.9 Å². The number of amides is 1. The second-order valence-electron chi connectivity index (χ2n) is 6.61. The van der Waals surface area contributed by atoms with E-state index in [2.05, 4.69) is 24.2 Å². The van der Waals surface area contributed by atoms with Crippen LogP contribution in [0, 0.1) is 11.8 Å². The lowest BCUT2D eigenvalue weighted by molar-refractivity contribution is -0.123. The largest absolute Gasteiger partial charge is 0.353 e. The van der Waals surface area contributed by atoms with Crippen LogP contribution in [-0.2, 0) is 4.79 Å². The van der Waals surface area contributed by atoms with Crippen molar-refractivity contribution in [2.45, 2.75) is 57.5 Å². The van der Waals surface area contributed by atoms with Gasteiger partial charge in [0.15, 0.2) is 0 Å². The van der Waals surface area contributed by atoms with Crippen LogP contribution in [0.15, 0.2) is 0 Å². The van der Waals surface area contributed by atoms with E-state index in [0.717, 1.165) is 32.4 Å². The highest BCUT2D eigenvalue weighted by Crippen LogP contribution is 2.26. The van der Waals surface area contributed by atoms with Crippen LogP contribution in [0.5, 0.6) is 0 Å². The minimum Gasteiger partial charge on any atom is -0.353 e. The van der Waals surface area contributed by atoms with E-state index in [1.807, 2.05) is 0 Å². The van der Waals surface area contributed by atoms with E-state index in [9.17, 15) is 4.79 Å². The predicted octanol–water partition coefficient (Wildman–Crippen LogP) is 1.35. The Bertz CT molecular complexity index is 308. The lowest BCUT2D eigenvalue weighted by atomic mass is 9.82. The van der Waals surface area contributed by atoms with E-state index in [4.69, 9.17) is 5.73 Å². The van der Waals surface area contributed by atoms with Crippen molar-refractivity contribution < 1.29 is 4.79 Å². The monoisotopic (exact) mass is 267 g/mol. The highest BCUT2D eigenvalue weighted by molar-refractivity contribution is 5.76. The molecule has 19 heavy (non-hydrogen) atoms. The number of likely N-dealkylation sites (tertiary alicyclic amines) is 1. The first kappa shape index (κ1) is 14.8. The van der Waals surface area contributed by atoms with Crippen molar-refractivity contribution in [2.24, 2.45) is 17.6 Å². The molecular formula is C15H29N3O. The van der Waals surface area contributed by atoms with E-state index < -0.39 is 0 Å². The Hall–Kier alpha value is -0.610. The van der Waals surface area contributed by atoms with Gasteiger partial charge in [0.1, 0.15) is 0 Å². The summed E-state index contributed by atoms with van der Waals surface area (Å²) in [5.74, 6) is 1.15. The normalized spacial score (nSPS) is 37.0. The molecule has 4 nitrogen and oxygen atoms in total. The lowest BCUT2D eigenvalue weighted by Gasteiger charge is -2.36. The minimum absolute atomic E-state index is 0.212. The summed E-state index contributed by atoms with van der Waals surface area (Å²) in [5, 5.41) is 3.24. The molecule has 2 aliphatic rings. The molecule has 4 heteroatoms. The Kier molecular flexibility index (Phi) is 5.22. The first-order valence-electron chi connectivity index (χ1n) is 7.79. The van der Waals surface area contributed by atoms with Crippen LogP contribution in [0.1, 0.15) is 45.4 Å². The molecule has 1 amide bonds. The quantitative estimate of drug-likeness (QED) is 0.811. The van der Waals surface area contributed by atoms with Crippen LogP contribution in [-0.4, -0.2) is 43.0 Å². The number of nitrogens with two attached hydrogens (primary N) is 1. The molecule has 0 aromatic rings. The molecule has 1 saturated carbocycles. The molecule has 0 spiro atoms. The van der Waals surface area contributed by atoms with Crippen LogP contribution in [0.25, 0.3) is 0 Å². The summed E-state index contributed by atoms with van der Waals surface area (Å²) >= 11 is 0. The topological polar surface area (TPSA) is 58.4 Å². The smallest absolute Gasteiger partial charge is 0.220 e. The molecule has 1 aliphatic heterocycles. The molecule has 3 N–H and O–H groups in total. The first-order chi connectivity index (χ1) is 9.06. The number of nitrogens with zero attached hydrogens (tertiary/aromatic N) is 1. The van der Waals surface area contributed by atoms with E-state index in [1.54, 1.807) is 0 Å². The summed E-state index contributed by atoms with van der Waals surface area (Å²) in [6, 6.07) is 0.581. The molecule has 4 atom stereocenters. The van der Waals surface area contributed by atoms with E-state index in [1.165, 1.54) is 12.8 Å². The zero-order chi connectivity index (χ0) is 13.8. The van der Waals surface area contributed by atoms with Gasteiger partial charge in [-0.1, -0.05) is 19.8 Å². The number of piperidine rings is 1. The fraction of sp³-hybridized carbons (Fsp3) is 0.933. The fourth-order valence-corrected chi connectivity index (χ4v) is 3.56. The van der Waals surface area contributed by atoms with Crippen molar-refractivity contribution in [3.05, 3.63) is 0 Å². The van der Waals surface area contributed by atoms with Gasteiger partial charge in [-0.3, -0.25) is 4.79 Å². The van der Waals surface area contributed by atoms with Crippen molar-refractivity contribution in [1.29, 1.82) is 0 Å². The van der Waals surface area contributed by atoms with Crippen LogP contribution in [0.4, 0.5) is 0 Å². The number of hydrogen-bond donors (Lipinski definition) is 2. The average molecular weight is 267 g/mol. The Morgan fingerprint density at radius 2 is 2.05 bits per heavy atom. The highest BCUT2D eigenvalue weighted by atomic mass is 16.1. The molecule has 0 radical (unpaired) electrons. The molecule has 0 aromatic carbocycles. The maximum Gasteiger partial charge on any atom is 0.220 e. The van der Waals surface area contributed by atoms with Gasteiger partial charge >= 0.3 is 0 Å². The van der Waals surface area contributed by atoms with Crippen molar-refractivity contribution in [3.8, 4) is 0 Å². The maximum atomic E-state index is 12.2. The zero-order valence-corrected chi connectivity index (χ0v) is 12.4. The van der Waals surface area contributed by atoms with Gasteiger partial charge in [0.25, 0.3) is 0 Å². The summed E-state index contributed by atoms with van der Waals surface area (Å²) < 4.78 is 0. The van der Waals surface area contributed by atoms with Crippen LogP contribution in [0.3, 0.4) is 0 Å². The second kappa shape index (κ2) is 6.71. The number of rotatable bonds is 3. The van der Waals surface area contributed by atoms with Crippen LogP contribution < -0.4 is 11.1 Å². The number of carbonyl (C=O) groups excluding carboxylic acids is 1. The molecule has 1 heterocycles. The Labute approximate surface area is 117 Å². The Balaban J connectivity index is 1.77. The maximum absolute atomic E-state index is 12.2. The number of carbonyl (C=O) groups is 1. The zero-order valence-electron chi connectivity index (χ0n) is 12.4. The number of nitrogens with one attached hydrogen (secondary N) is 1. The molecule has 1 aliphatic carbocycles. The van der Waals surface area contributed by atoms with Gasteiger partial charge in [0.2, 0.25) is 5.91 Å². The summed E-state index contributed by atoms with van der Waals surface area (Å²) in [5.41, 5.74) is 6.12. The average Bonchev–Trinajstić information content (AvgIpc) is 2.36. The summed E-state index contributed by atoms with van der Waals surface area (Å²) in [4.78, 5) is 14.5. The molecule has 2 fully saturated rings. The predicted molar refractivity (Wildman–Crippen MR) is 77.8 cm³/mol. The molecule has 110 valence electrons. The van der Waals surface area contributed by atoms with Gasteiger partial charge in [0, 0.05) is 25.0 Å². The fourth-order valence-electron chi connectivity index (χ4n) is 3.56. The second-order valence-corrected chi connectivity index (χ2v) is 6.61. The lowest BCUT2D eigenvalue weighted by Crippen LogP contribution is -2.49. The first-order valence-corrected chi connectivity index (χ1v) is 7.79. The Morgan fingerprint density at radius 3 is 2.74 bits per heavy atom. The SMILES string of the molecule is CC1CN(C)CCC1NC(=O)CC1CCCCC1N. The van der Waals surface area contributed by atoms with E-state index in [0.29, 0.717) is 24.3 Å². The molecule has 1 saturated heterocycles. The van der Waals surface area contributed by atoms with Gasteiger partial charge in [-0.2, -0.15) is 0 Å². The summed E-state index contributed by atoms with van der Waals surface area (Å²) in [7, 11) is 2.15. The van der Waals surface area contributed by atoms with Crippen LogP contribution >= 0.6 is 0 Å². The number of hydrogen-bond acceptors (Lipinski definition) is 3. The summed E-state index contributed by atoms with van der Waals surface area (Å²) in [6.45, 7) is 4.39. The van der Waals surface area contributed by atoms with Crippen molar-refractivity contribution >= 4 is 5.91 Å². The molecule has 2 rings (SSSR count). The highest BCUT2D eigenvalue weighted by Gasteiger charge is 2.28. The van der Waals surface area contributed by atoms with Gasteiger partial charge in [0.05, 0.1) is 0 Å². The third-order valence-electron chi connectivity index (χ3n) is 4.87. The van der Waals surface area contributed by atoms with Gasteiger partial charge < -0.3 is 16.0 Å². The van der Waals surface area contributed by atoms with Gasteiger partial charge in [-0.25, -0.2) is 0 Å². The van der Waals surface area contributed by atoms with Crippen molar-refractivity contribution in [3.63, 3.8) is 0 Å². The summed E-state index contributed by atoms with van der Waals surface area (Å²) in [6.07, 6.45) is 6.36. The minimum atomic E-state index is 0.212. The Morgan fingerprint density at radius 1 is 1.32 bits per heavy atom. The third-order valence-corrected chi connectivity index (χ3v) is 4.87. The standard InChI is InChI=1S/C15H29N3O/c1-11-10-18(2)8-7-14(11)17-15(19)9-12-5-3-4-6-13(12)16/h11-14H,3-10,16H2,1-2H3,(H,17,19). The third kappa shape index (κ3) is 4.18. The molecular weight excluding hydrogens is 238 g/mol. The van der Waals surface area contributed by atoms with Crippen LogP contribution in [0.2, 0.25) is 0 Å². The van der Waals surface area contributed by atoms with Gasteiger partial charge in [-0.15, -0.1) is 0 Å². The van der Waals surface area contributed by atoms with Crippen molar-refractivity contribution in [2.75, 3.05) is 20.1 Å². The van der Waals surface area contributed by atoms with Crippen molar-refractivity contribution in [1.82, 2.24) is 10.2 Å². The van der Waals surface area contributed by atoms with E-state index >= 15 is 0 Å². The molecule has 0 aromatic heterocycles. The van der Waals surface area contributed by atoms with Gasteiger partial charge in [-0.05, 0) is 44.7 Å². The molecule has 4 unspecified atom stereocenters. The molecule has 0 bridgehead atoms.